The van der Waals surface area contributed by atoms with E-state index in [4.69, 9.17) is 16.9 Å². The zero-order valence-corrected chi connectivity index (χ0v) is 19.4. The van der Waals surface area contributed by atoms with Crippen LogP contribution in [0.4, 0.5) is 11.4 Å². The number of nitrogens with one attached hydrogen (secondary N) is 1. The van der Waals surface area contributed by atoms with Crippen LogP contribution in [-0.2, 0) is 16.4 Å². The number of rotatable bonds is 5. The lowest BCUT2D eigenvalue weighted by Gasteiger charge is -2.21. The number of benzene rings is 3. The molecule has 3 aromatic carbocycles. The SMILES string of the molecule is Cc1c(C(=O)Nc2ccc(C#N)cc2C(=O)O)cccc1S(=O)(=O)N1CCc2cc(Cl)ccc21. The molecule has 8 nitrogen and oxygen atoms in total. The van der Waals surface area contributed by atoms with Gasteiger partial charge in [0.05, 0.1) is 33.5 Å². The van der Waals surface area contributed by atoms with Gasteiger partial charge < -0.3 is 10.4 Å². The fraction of sp³-hybridized carbons (Fsp3) is 0.125. The van der Waals surface area contributed by atoms with E-state index < -0.39 is 21.9 Å². The molecule has 3 aromatic rings. The van der Waals surface area contributed by atoms with Crippen LogP contribution in [0.5, 0.6) is 0 Å². The van der Waals surface area contributed by atoms with Crippen LogP contribution < -0.4 is 9.62 Å². The molecule has 0 atom stereocenters. The highest BCUT2D eigenvalue weighted by Gasteiger charge is 2.33. The fourth-order valence-electron chi connectivity index (χ4n) is 3.94. The van der Waals surface area contributed by atoms with E-state index in [-0.39, 0.29) is 39.4 Å². The van der Waals surface area contributed by atoms with Crippen molar-refractivity contribution in [3.8, 4) is 6.07 Å². The average Bonchev–Trinajstić information content (AvgIpc) is 3.23. The lowest BCUT2D eigenvalue weighted by Crippen LogP contribution is -2.30. The Kier molecular flexibility index (Phi) is 6.04. The molecule has 0 unspecified atom stereocenters. The largest absolute Gasteiger partial charge is 0.478 e. The molecule has 1 amide bonds. The van der Waals surface area contributed by atoms with E-state index in [1.807, 2.05) is 6.07 Å². The molecular weight excluding hydrogens is 478 g/mol. The van der Waals surface area contributed by atoms with Crippen molar-refractivity contribution in [1.29, 1.82) is 5.26 Å². The molecule has 0 saturated carbocycles. The van der Waals surface area contributed by atoms with Gasteiger partial charge in [0.15, 0.2) is 0 Å². The molecule has 1 heterocycles. The minimum atomic E-state index is -3.98. The van der Waals surface area contributed by atoms with Crippen LogP contribution in [0.2, 0.25) is 5.02 Å². The number of carboxylic acid groups (broad SMARTS) is 1. The number of nitriles is 1. The maximum atomic E-state index is 13.5. The number of hydrogen-bond donors (Lipinski definition) is 2. The van der Waals surface area contributed by atoms with Gasteiger partial charge in [0, 0.05) is 17.1 Å². The van der Waals surface area contributed by atoms with Crippen molar-refractivity contribution in [3.63, 3.8) is 0 Å². The van der Waals surface area contributed by atoms with Crippen LogP contribution in [0.3, 0.4) is 0 Å². The summed E-state index contributed by atoms with van der Waals surface area (Å²) in [4.78, 5) is 24.6. The van der Waals surface area contributed by atoms with Gasteiger partial charge in [-0.1, -0.05) is 17.7 Å². The number of carboxylic acids is 1. The zero-order valence-electron chi connectivity index (χ0n) is 17.9. The molecule has 0 spiro atoms. The van der Waals surface area contributed by atoms with Gasteiger partial charge in [0.1, 0.15) is 0 Å². The van der Waals surface area contributed by atoms with E-state index in [0.717, 1.165) is 11.6 Å². The second kappa shape index (κ2) is 8.82. The Bertz CT molecular complexity index is 1490. The molecule has 0 radical (unpaired) electrons. The topological polar surface area (TPSA) is 128 Å². The number of halogens is 1. The molecule has 2 N–H and O–H groups in total. The second-order valence-electron chi connectivity index (χ2n) is 7.66. The summed E-state index contributed by atoms with van der Waals surface area (Å²) in [5.41, 5.74) is 1.56. The highest BCUT2D eigenvalue weighted by molar-refractivity contribution is 7.93. The molecule has 1 aliphatic heterocycles. The van der Waals surface area contributed by atoms with Crippen LogP contribution in [0, 0.1) is 18.3 Å². The first-order valence-corrected chi connectivity index (χ1v) is 11.9. The van der Waals surface area contributed by atoms with Gasteiger partial charge in [-0.2, -0.15) is 5.26 Å². The van der Waals surface area contributed by atoms with E-state index >= 15 is 0 Å². The third kappa shape index (κ3) is 4.09. The minimum absolute atomic E-state index is 0.00508. The summed E-state index contributed by atoms with van der Waals surface area (Å²) in [6.45, 7) is 1.78. The molecule has 10 heteroatoms. The maximum Gasteiger partial charge on any atom is 0.337 e. The molecule has 0 aromatic heterocycles. The van der Waals surface area contributed by atoms with Gasteiger partial charge in [0.25, 0.3) is 15.9 Å². The van der Waals surface area contributed by atoms with Gasteiger partial charge in [-0.25, -0.2) is 13.2 Å². The Morgan fingerprint density at radius 3 is 2.59 bits per heavy atom. The summed E-state index contributed by atoms with van der Waals surface area (Å²) in [5, 5.41) is 21.5. The summed E-state index contributed by atoms with van der Waals surface area (Å²) in [7, 11) is -3.98. The highest BCUT2D eigenvalue weighted by atomic mass is 35.5. The molecule has 0 fully saturated rings. The number of hydrogen-bond acceptors (Lipinski definition) is 5. The Morgan fingerprint density at radius 2 is 1.88 bits per heavy atom. The van der Waals surface area contributed by atoms with Crippen molar-refractivity contribution in [2.75, 3.05) is 16.2 Å². The summed E-state index contributed by atoms with van der Waals surface area (Å²) in [6, 6.07) is 15.1. The monoisotopic (exact) mass is 495 g/mol. The first-order chi connectivity index (χ1) is 16.1. The third-order valence-electron chi connectivity index (χ3n) is 5.62. The smallest absolute Gasteiger partial charge is 0.337 e. The predicted molar refractivity (Wildman–Crippen MR) is 127 cm³/mol. The zero-order chi connectivity index (χ0) is 24.6. The summed E-state index contributed by atoms with van der Waals surface area (Å²) < 4.78 is 28.3. The van der Waals surface area contributed by atoms with Crippen LogP contribution >= 0.6 is 11.6 Å². The second-order valence-corrected chi connectivity index (χ2v) is 9.93. The predicted octanol–water partition coefficient (Wildman–Crippen LogP) is 4.22. The summed E-state index contributed by atoms with van der Waals surface area (Å²) >= 11 is 6.03. The Morgan fingerprint density at radius 1 is 1.12 bits per heavy atom. The van der Waals surface area contributed by atoms with Crippen molar-refractivity contribution in [2.45, 2.75) is 18.2 Å². The highest BCUT2D eigenvalue weighted by Crippen LogP contribution is 2.35. The van der Waals surface area contributed by atoms with Crippen LogP contribution in [0.25, 0.3) is 0 Å². The molecule has 1 aliphatic rings. The molecule has 0 bridgehead atoms. The number of amides is 1. The van der Waals surface area contributed by atoms with Crippen LogP contribution in [0.15, 0.2) is 59.5 Å². The molecule has 0 saturated heterocycles. The van der Waals surface area contributed by atoms with Gasteiger partial charge in [-0.3, -0.25) is 9.10 Å². The van der Waals surface area contributed by atoms with Gasteiger partial charge in [-0.05, 0) is 73.0 Å². The maximum absolute atomic E-state index is 13.5. The number of fused-ring (bicyclic) bond motifs is 1. The van der Waals surface area contributed by atoms with Crippen molar-refractivity contribution in [2.24, 2.45) is 0 Å². The Labute approximate surface area is 201 Å². The van der Waals surface area contributed by atoms with Crippen molar-refractivity contribution < 1.29 is 23.1 Å². The van der Waals surface area contributed by atoms with Gasteiger partial charge in [0.2, 0.25) is 0 Å². The van der Waals surface area contributed by atoms with Gasteiger partial charge >= 0.3 is 5.97 Å². The van der Waals surface area contributed by atoms with E-state index in [9.17, 15) is 23.1 Å². The van der Waals surface area contributed by atoms with Gasteiger partial charge in [-0.15, -0.1) is 0 Å². The Balaban J connectivity index is 1.69. The quantitative estimate of drug-likeness (QED) is 0.545. The molecule has 34 heavy (non-hydrogen) atoms. The van der Waals surface area contributed by atoms with E-state index in [1.165, 1.54) is 41.6 Å². The number of carbonyl (C=O) groups excluding carboxylic acids is 1. The fourth-order valence-corrected chi connectivity index (χ4v) is 5.89. The van der Waals surface area contributed by atoms with Crippen LogP contribution in [0.1, 0.15) is 37.4 Å². The number of nitrogens with zero attached hydrogens (tertiary/aromatic N) is 2. The lowest BCUT2D eigenvalue weighted by atomic mass is 10.1. The van der Waals surface area contributed by atoms with E-state index in [2.05, 4.69) is 5.32 Å². The minimum Gasteiger partial charge on any atom is -0.478 e. The summed E-state index contributed by atoms with van der Waals surface area (Å²) in [6.07, 6.45) is 0.519. The Hall–Kier alpha value is -3.87. The average molecular weight is 496 g/mol. The molecule has 4 rings (SSSR count). The first-order valence-electron chi connectivity index (χ1n) is 10.1. The first kappa shape index (κ1) is 23.3. The van der Waals surface area contributed by atoms with Crippen molar-refractivity contribution in [1.82, 2.24) is 0 Å². The number of sulfonamides is 1. The standard InChI is InChI=1S/C24H18ClN3O5S/c1-14-18(23(29)27-20-7-5-15(13-26)11-19(20)24(30)31)3-2-4-22(14)34(32,33)28-10-9-16-12-17(25)6-8-21(16)28/h2-8,11-12H,9-10H2,1H3,(H,27,29)(H,30,31). The summed E-state index contributed by atoms with van der Waals surface area (Å²) in [5.74, 6) is -1.98. The van der Waals surface area contributed by atoms with Crippen molar-refractivity contribution in [3.05, 3.63) is 87.4 Å². The van der Waals surface area contributed by atoms with E-state index in [0.29, 0.717) is 17.1 Å². The normalized spacial score (nSPS) is 12.7. The van der Waals surface area contributed by atoms with E-state index in [1.54, 1.807) is 18.2 Å². The molecule has 0 aliphatic carbocycles. The van der Waals surface area contributed by atoms with Crippen molar-refractivity contribution >= 4 is 44.9 Å². The number of aromatic carboxylic acids is 1. The number of carbonyl (C=O) groups is 2. The van der Waals surface area contributed by atoms with Crippen LogP contribution in [-0.4, -0.2) is 31.9 Å². The number of anilines is 2. The lowest BCUT2D eigenvalue weighted by molar-refractivity contribution is 0.0698. The third-order valence-corrected chi connectivity index (χ3v) is 7.81. The molecular formula is C24H18ClN3O5S. The molecule has 172 valence electrons.